The molecule has 1 aliphatic heterocycles. The summed E-state index contributed by atoms with van der Waals surface area (Å²) in [6, 6.07) is 15.9. The van der Waals surface area contributed by atoms with Gasteiger partial charge in [-0.25, -0.2) is 0 Å². The third-order valence-corrected chi connectivity index (χ3v) is 5.00. The van der Waals surface area contributed by atoms with E-state index in [-0.39, 0.29) is 24.2 Å². The summed E-state index contributed by atoms with van der Waals surface area (Å²) < 4.78 is 0. The molecule has 2 aromatic carbocycles. The number of hydrogen-bond acceptors (Lipinski definition) is 2. The number of carbonyl (C=O) groups excluding carboxylic acids is 2. The highest BCUT2D eigenvalue weighted by Gasteiger charge is 2.35. The van der Waals surface area contributed by atoms with E-state index in [1.54, 1.807) is 4.90 Å². The highest BCUT2D eigenvalue weighted by Crippen LogP contribution is 2.26. The number of amides is 2. The van der Waals surface area contributed by atoms with Gasteiger partial charge in [-0.3, -0.25) is 9.59 Å². The molecule has 0 saturated carbocycles. The number of aryl methyl sites for hydroxylation is 1. The Morgan fingerprint density at radius 3 is 2.35 bits per heavy atom. The van der Waals surface area contributed by atoms with E-state index in [9.17, 15) is 9.59 Å². The summed E-state index contributed by atoms with van der Waals surface area (Å²) in [5, 5.41) is 2.94. The van der Waals surface area contributed by atoms with Crippen molar-refractivity contribution >= 4 is 23.2 Å². The second-order valence-corrected chi connectivity index (χ2v) is 7.19. The summed E-state index contributed by atoms with van der Waals surface area (Å²) in [5.41, 5.74) is 4.11. The first-order valence-corrected chi connectivity index (χ1v) is 9.28. The lowest BCUT2D eigenvalue weighted by molar-refractivity contribution is -0.122. The zero-order valence-corrected chi connectivity index (χ0v) is 15.7. The van der Waals surface area contributed by atoms with Crippen LogP contribution in [-0.4, -0.2) is 18.4 Å². The summed E-state index contributed by atoms with van der Waals surface area (Å²) >= 11 is 0. The van der Waals surface area contributed by atoms with Crippen LogP contribution in [0.5, 0.6) is 0 Å². The monoisotopic (exact) mass is 350 g/mol. The van der Waals surface area contributed by atoms with Gasteiger partial charge in [0, 0.05) is 24.3 Å². The average molecular weight is 350 g/mol. The van der Waals surface area contributed by atoms with E-state index in [4.69, 9.17) is 0 Å². The first-order valence-electron chi connectivity index (χ1n) is 9.28. The molecular formula is C22H26N2O2. The van der Waals surface area contributed by atoms with Gasteiger partial charge in [0.05, 0.1) is 5.92 Å². The van der Waals surface area contributed by atoms with Crippen LogP contribution in [0.4, 0.5) is 11.4 Å². The molecule has 4 nitrogen and oxygen atoms in total. The van der Waals surface area contributed by atoms with Crippen molar-refractivity contribution in [3.63, 3.8) is 0 Å². The second kappa shape index (κ2) is 7.73. The fourth-order valence-electron chi connectivity index (χ4n) is 3.24. The molecular weight excluding hydrogens is 324 g/mol. The lowest BCUT2D eigenvalue weighted by Gasteiger charge is -2.17. The molecule has 0 radical (unpaired) electrons. The highest BCUT2D eigenvalue weighted by molar-refractivity contribution is 6.03. The summed E-state index contributed by atoms with van der Waals surface area (Å²) in [6.45, 7) is 6.81. The maximum Gasteiger partial charge on any atom is 0.229 e. The van der Waals surface area contributed by atoms with E-state index in [2.05, 4.69) is 26.1 Å². The molecule has 4 heteroatoms. The number of carbonyl (C=O) groups is 2. The molecule has 1 unspecified atom stereocenters. The zero-order valence-electron chi connectivity index (χ0n) is 15.7. The summed E-state index contributed by atoms with van der Waals surface area (Å²) in [5.74, 6) is 0.0471. The molecule has 1 fully saturated rings. The standard InChI is InChI=1S/C22H26N2O2/c1-4-16-5-11-20(12-6-16)24-14-18(13-21(24)25)22(26)23-19-9-7-17(8-10-19)15(2)3/h5-12,15,18H,4,13-14H2,1-3H3,(H,23,26). The number of nitrogens with one attached hydrogen (secondary N) is 1. The van der Waals surface area contributed by atoms with Crippen molar-refractivity contribution in [3.05, 3.63) is 59.7 Å². The molecule has 0 aromatic heterocycles. The molecule has 1 saturated heterocycles. The number of benzene rings is 2. The molecule has 26 heavy (non-hydrogen) atoms. The van der Waals surface area contributed by atoms with E-state index >= 15 is 0 Å². The van der Waals surface area contributed by atoms with Crippen LogP contribution in [0, 0.1) is 5.92 Å². The van der Waals surface area contributed by atoms with Gasteiger partial charge in [0.15, 0.2) is 0 Å². The number of nitrogens with zero attached hydrogens (tertiary/aromatic N) is 1. The van der Waals surface area contributed by atoms with Crippen molar-refractivity contribution in [3.8, 4) is 0 Å². The Morgan fingerprint density at radius 2 is 1.77 bits per heavy atom. The van der Waals surface area contributed by atoms with Crippen LogP contribution >= 0.6 is 0 Å². The lowest BCUT2D eigenvalue weighted by Crippen LogP contribution is -2.28. The molecule has 1 aliphatic rings. The minimum atomic E-state index is -0.321. The summed E-state index contributed by atoms with van der Waals surface area (Å²) in [4.78, 5) is 26.6. The van der Waals surface area contributed by atoms with Crippen LogP contribution in [-0.2, 0) is 16.0 Å². The minimum Gasteiger partial charge on any atom is -0.326 e. The van der Waals surface area contributed by atoms with Gasteiger partial charge in [0.2, 0.25) is 11.8 Å². The second-order valence-electron chi connectivity index (χ2n) is 7.19. The predicted octanol–water partition coefficient (Wildman–Crippen LogP) is 4.36. The van der Waals surface area contributed by atoms with Crippen molar-refractivity contribution in [1.29, 1.82) is 0 Å². The minimum absolute atomic E-state index is 0.00422. The van der Waals surface area contributed by atoms with Gasteiger partial charge < -0.3 is 10.2 Å². The van der Waals surface area contributed by atoms with Gasteiger partial charge >= 0.3 is 0 Å². The van der Waals surface area contributed by atoms with Gasteiger partial charge in [-0.05, 0) is 47.7 Å². The maximum absolute atomic E-state index is 12.6. The van der Waals surface area contributed by atoms with Crippen LogP contribution in [0.15, 0.2) is 48.5 Å². The van der Waals surface area contributed by atoms with E-state index in [1.807, 2.05) is 48.5 Å². The summed E-state index contributed by atoms with van der Waals surface area (Å²) in [6.07, 6.45) is 1.22. The van der Waals surface area contributed by atoms with Crippen molar-refractivity contribution in [2.75, 3.05) is 16.8 Å². The van der Waals surface area contributed by atoms with E-state index < -0.39 is 0 Å². The van der Waals surface area contributed by atoms with Crippen molar-refractivity contribution in [1.82, 2.24) is 0 Å². The lowest BCUT2D eigenvalue weighted by atomic mass is 10.0. The van der Waals surface area contributed by atoms with Crippen LogP contribution in [0.1, 0.15) is 44.2 Å². The molecule has 2 aromatic rings. The summed E-state index contributed by atoms with van der Waals surface area (Å²) in [7, 11) is 0. The van der Waals surface area contributed by atoms with Crippen LogP contribution in [0.3, 0.4) is 0 Å². The Bertz CT molecular complexity index is 779. The number of hydrogen-bond donors (Lipinski definition) is 1. The quantitative estimate of drug-likeness (QED) is 0.871. The Labute approximate surface area is 155 Å². The fraction of sp³-hybridized carbons (Fsp3) is 0.364. The third kappa shape index (κ3) is 3.96. The topological polar surface area (TPSA) is 49.4 Å². The van der Waals surface area contributed by atoms with E-state index in [1.165, 1.54) is 11.1 Å². The number of rotatable bonds is 5. The molecule has 2 amide bonds. The zero-order chi connectivity index (χ0) is 18.7. The molecule has 1 heterocycles. The molecule has 3 rings (SSSR count). The Balaban J connectivity index is 1.64. The highest BCUT2D eigenvalue weighted by atomic mass is 16.2. The maximum atomic E-state index is 12.6. The molecule has 1 N–H and O–H groups in total. The first kappa shape index (κ1) is 18.2. The van der Waals surface area contributed by atoms with Gasteiger partial charge in [-0.1, -0.05) is 45.0 Å². The van der Waals surface area contributed by atoms with Crippen molar-refractivity contribution in [2.24, 2.45) is 5.92 Å². The molecule has 1 atom stereocenters. The normalized spacial score (nSPS) is 17.0. The Kier molecular flexibility index (Phi) is 5.40. The van der Waals surface area contributed by atoms with Gasteiger partial charge in [0.1, 0.15) is 0 Å². The van der Waals surface area contributed by atoms with Crippen LogP contribution in [0.25, 0.3) is 0 Å². The largest absolute Gasteiger partial charge is 0.326 e. The Hall–Kier alpha value is -2.62. The van der Waals surface area contributed by atoms with Gasteiger partial charge in [0.25, 0.3) is 0 Å². The molecule has 0 aliphatic carbocycles. The van der Waals surface area contributed by atoms with E-state index in [0.717, 1.165) is 17.8 Å². The predicted molar refractivity (Wildman–Crippen MR) is 105 cm³/mol. The van der Waals surface area contributed by atoms with Crippen LogP contribution < -0.4 is 10.2 Å². The molecule has 136 valence electrons. The van der Waals surface area contributed by atoms with Crippen molar-refractivity contribution < 1.29 is 9.59 Å². The third-order valence-electron chi connectivity index (χ3n) is 5.00. The SMILES string of the molecule is CCc1ccc(N2CC(C(=O)Nc3ccc(C(C)C)cc3)CC2=O)cc1. The van der Waals surface area contributed by atoms with Crippen LogP contribution in [0.2, 0.25) is 0 Å². The average Bonchev–Trinajstić information content (AvgIpc) is 3.04. The first-order chi connectivity index (χ1) is 12.5. The Morgan fingerprint density at radius 1 is 1.12 bits per heavy atom. The smallest absolute Gasteiger partial charge is 0.229 e. The van der Waals surface area contributed by atoms with E-state index in [0.29, 0.717) is 12.5 Å². The fourth-order valence-corrected chi connectivity index (χ4v) is 3.24. The molecule has 0 bridgehead atoms. The van der Waals surface area contributed by atoms with Crippen molar-refractivity contribution in [2.45, 2.75) is 39.5 Å². The van der Waals surface area contributed by atoms with Gasteiger partial charge in [-0.15, -0.1) is 0 Å². The van der Waals surface area contributed by atoms with Gasteiger partial charge in [-0.2, -0.15) is 0 Å². The number of anilines is 2. The molecule has 0 spiro atoms.